The van der Waals surface area contributed by atoms with E-state index in [4.69, 9.17) is 0 Å². The smallest absolute Gasteiger partial charge is 0.253 e. The molecule has 2 aliphatic rings. The second-order valence-electron chi connectivity index (χ2n) is 8.27. The third-order valence-electron chi connectivity index (χ3n) is 6.20. The van der Waals surface area contributed by atoms with Crippen molar-refractivity contribution < 1.29 is 9.59 Å². The summed E-state index contributed by atoms with van der Waals surface area (Å²) in [5.41, 5.74) is 6.59. The fraction of sp³-hybridized carbons (Fsp3) is 0.417. The summed E-state index contributed by atoms with van der Waals surface area (Å²) in [5.74, 6) is 0.0888. The van der Waals surface area contributed by atoms with Crippen molar-refractivity contribution >= 4 is 17.5 Å². The molecule has 152 valence electrons. The van der Waals surface area contributed by atoms with Crippen molar-refractivity contribution in [3.05, 3.63) is 64.2 Å². The number of rotatable bonds is 3. The Hall–Kier alpha value is -2.82. The molecule has 0 radical (unpaired) electrons. The molecule has 0 bridgehead atoms. The summed E-state index contributed by atoms with van der Waals surface area (Å²) in [7, 11) is 0. The van der Waals surface area contributed by atoms with Gasteiger partial charge in [0.25, 0.3) is 5.91 Å². The van der Waals surface area contributed by atoms with Gasteiger partial charge in [0, 0.05) is 44.0 Å². The Morgan fingerprint density at radius 2 is 1.72 bits per heavy atom. The zero-order valence-electron chi connectivity index (χ0n) is 17.5. The summed E-state index contributed by atoms with van der Waals surface area (Å²) in [6.07, 6.45) is 0.827. The molecule has 1 atom stereocenters. The molecule has 2 aromatic rings. The Bertz CT molecular complexity index is 945. The second kappa shape index (κ2) is 7.90. The van der Waals surface area contributed by atoms with Gasteiger partial charge in [0.15, 0.2) is 0 Å². The fourth-order valence-electron chi connectivity index (χ4n) is 4.58. The maximum Gasteiger partial charge on any atom is 0.253 e. The van der Waals surface area contributed by atoms with E-state index < -0.39 is 0 Å². The molecule has 0 saturated carbocycles. The third-order valence-corrected chi connectivity index (χ3v) is 6.20. The van der Waals surface area contributed by atoms with Crippen molar-refractivity contribution in [2.45, 2.75) is 33.1 Å². The zero-order valence-corrected chi connectivity index (χ0v) is 17.5. The van der Waals surface area contributed by atoms with Crippen LogP contribution in [0.15, 0.2) is 36.4 Å². The Morgan fingerprint density at radius 3 is 2.34 bits per heavy atom. The molecular formula is C24H29N3O2. The van der Waals surface area contributed by atoms with Gasteiger partial charge in [-0.05, 0) is 62.1 Å². The number of carbonyl (C=O) groups is 2. The first-order valence-electron chi connectivity index (χ1n) is 10.4. The highest BCUT2D eigenvalue weighted by molar-refractivity contribution is 5.95. The minimum absolute atomic E-state index is 0.0794. The second-order valence-corrected chi connectivity index (χ2v) is 8.27. The van der Waals surface area contributed by atoms with Crippen LogP contribution in [0.4, 0.5) is 5.69 Å². The topological polar surface area (TPSA) is 52.6 Å². The first kappa shape index (κ1) is 19.5. The summed E-state index contributed by atoms with van der Waals surface area (Å²) in [6, 6.07) is 12.3. The highest BCUT2D eigenvalue weighted by Crippen LogP contribution is 2.28. The lowest BCUT2D eigenvalue weighted by molar-refractivity contribution is -0.120. The van der Waals surface area contributed by atoms with Crippen LogP contribution in [-0.2, 0) is 4.79 Å². The van der Waals surface area contributed by atoms with E-state index in [0.29, 0.717) is 5.56 Å². The Kier molecular flexibility index (Phi) is 5.31. The van der Waals surface area contributed by atoms with Crippen LogP contribution in [0.2, 0.25) is 0 Å². The number of piperazine rings is 1. The summed E-state index contributed by atoms with van der Waals surface area (Å²) < 4.78 is 0. The maximum absolute atomic E-state index is 13.0. The van der Waals surface area contributed by atoms with E-state index in [1.807, 2.05) is 30.0 Å². The largest absolute Gasteiger partial charge is 0.368 e. The van der Waals surface area contributed by atoms with E-state index in [-0.39, 0.29) is 17.7 Å². The zero-order chi connectivity index (χ0) is 20.5. The third kappa shape index (κ3) is 3.86. The molecule has 2 aliphatic heterocycles. The molecule has 2 aromatic carbocycles. The average Bonchev–Trinajstić information content (AvgIpc) is 3.13. The van der Waals surface area contributed by atoms with Gasteiger partial charge in [-0.2, -0.15) is 0 Å². The average molecular weight is 392 g/mol. The Labute approximate surface area is 172 Å². The molecule has 2 saturated heterocycles. The normalized spacial score (nSPS) is 19.4. The number of nitrogens with zero attached hydrogens (tertiary/aromatic N) is 2. The van der Waals surface area contributed by atoms with Gasteiger partial charge in [0.2, 0.25) is 5.91 Å². The highest BCUT2D eigenvalue weighted by atomic mass is 16.2. The predicted molar refractivity (Wildman–Crippen MR) is 116 cm³/mol. The van der Waals surface area contributed by atoms with Crippen molar-refractivity contribution in [1.29, 1.82) is 0 Å². The number of hydrogen-bond acceptors (Lipinski definition) is 3. The SMILES string of the molecule is Cc1ccc(N2CCN(C(=O)c3ccc(C4CCNC4=O)c(C)c3)CC2)c(C)c1. The lowest BCUT2D eigenvalue weighted by Gasteiger charge is -2.37. The van der Waals surface area contributed by atoms with Gasteiger partial charge in [-0.25, -0.2) is 0 Å². The molecule has 4 rings (SSSR count). The molecular weight excluding hydrogens is 362 g/mol. The number of carbonyl (C=O) groups excluding carboxylic acids is 2. The quantitative estimate of drug-likeness (QED) is 0.874. The fourth-order valence-corrected chi connectivity index (χ4v) is 4.58. The van der Waals surface area contributed by atoms with Gasteiger partial charge in [0.1, 0.15) is 0 Å². The molecule has 29 heavy (non-hydrogen) atoms. The molecule has 2 amide bonds. The molecule has 0 aliphatic carbocycles. The lowest BCUT2D eigenvalue weighted by atomic mass is 9.92. The minimum atomic E-state index is -0.0829. The summed E-state index contributed by atoms with van der Waals surface area (Å²) >= 11 is 0. The number of hydrogen-bond donors (Lipinski definition) is 1. The van der Waals surface area contributed by atoms with Crippen LogP contribution >= 0.6 is 0 Å². The number of nitrogens with one attached hydrogen (secondary N) is 1. The first-order valence-corrected chi connectivity index (χ1v) is 10.4. The van der Waals surface area contributed by atoms with Crippen LogP contribution < -0.4 is 10.2 Å². The van der Waals surface area contributed by atoms with E-state index in [1.54, 1.807) is 0 Å². The van der Waals surface area contributed by atoms with Gasteiger partial charge in [-0.1, -0.05) is 23.8 Å². The van der Waals surface area contributed by atoms with Crippen LogP contribution in [0.3, 0.4) is 0 Å². The van der Waals surface area contributed by atoms with Crippen molar-refractivity contribution in [1.82, 2.24) is 10.2 Å². The Balaban J connectivity index is 1.43. The predicted octanol–water partition coefficient (Wildman–Crippen LogP) is 3.18. The van der Waals surface area contributed by atoms with Crippen LogP contribution in [0.1, 0.15) is 45.0 Å². The van der Waals surface area contributed by atoms with Crippen LogP contribution in [0.25, 0.3) is 0 Å². The van der Waals surface area contributed by atoms with Gasteiger partial charge < -0.3 is 15.1 Å². The minimum Gasteiger partial charge on any atom is -0.368 e. The van der Waals surface area contributed by atoms with Gasteiger partial charge in [-0.3, -0.25) is 9.59 Å². The van der Waals surface area contributed by atoms with E-state index in [2.05, 4.69) is 42.3 Å². The molecule has 2 heterocycles. The number of aryl methyl sites for hydroxylation is 3. The van der Waals surface area contributed by atoms with E-state index >= 15 is 0 Å². The van der Waals surface area contributed by atoms with Crippen molar-refractivity contribution in [3.8, 4) is 0 Å². The maximum atomic E-state index is 13.0. The molecule has 0 spiro atoms. The van der Waals surface area contributed by atoms with E-state index in [9.17, 15) is 9.59 Å². The lowest BCUT2D eigenvalue weighted by Crippen LogP contribution is -2.49. The van der Waals surface area contributed by atoms with Gasteiger partial charge in [0.05, 0.1) is 5.92 Å². The van der Waals surface area contributed by atoms with Gasteiger partial charge >= 0.3 is 0 Å². The monoisotopic (exact) mass is 391 g/mol. The van der Waals surface area contributed by atoms with Crippen LogP contribution in [0.5, 0.6) is 0 Å². The first-order chi connectivity index (χ1) is 13.9. The van der Waals surface area contributed by atoms with E-state index in [0.717, 1.165) is 50.3 Å². The molecule has 5 nitrogen and oxygen atoms in total. The molecule has 1 unspecified atom stereocenters. The van der Waals surface area contributed by atoms with Crippen LogP contribution in [0, 0.1) is 20.8 Å². The highest BCUT2D eigenvalue weighted by Gasteiger charge is 2.28. The van der Waals surface area contributed by atoms with Crippen LogP contribution in [-0.4, -0.2) is 49.4 Å². The van der Waals surface area contributed by atoms with Gasteiger partial charge in [-0.15, -0.1) is 0 Å². The molecule has 5 heteroatoms. The Morgan fingerprint density at radius 1 is 0.966 bits per heavy atom. The number of anilines is 1. The standard InChI is InChI=1S/C24H29N3O2/c1-16-4-7-22(18(3)14-16)26-10-12-27(13-11-26)24(29)19-5-6-20(17(2)15-19)21-8-9-25-23(21)28/h4-7,14-15,21H,8-13H2,1-3H3,(H,25,28). The van der Waals surface area contributed by atoms with Crippen molar-refractivity contribution in [2.75, 3.05) is 37.6 Å². The number of benzene rings is 2. The number of amides is 2. The summed E-state index contributed by atoms with van der Waals surface area (Å²) in [6.45, 7) is 10.1. The summed E-state index contributed by atoms with van der Waals surface area (Å²) in [4.78, 5) is 29.3. The van der Waals surface area contributed by atoms with Crippen molar-refractivity contribution in [2.24, 2.45) is 0 Å². The molecule has 1 N–H and O–H groups in total. The molecule has 0 aromatic heterocycles. The molecule has 2 fully saturated rings. The summed E-state index contributed by atoms with van der Waals surface area (Å²) in [5, 5.41) is 2.89. The van der Waals surface area contributed by atoms with E-state index in [1.165, 1.54) is 16.8 Å². The van der Waals surface area contributed by atoms with Crippen molar-refractivity contribution in [3.63, 3.8) is 0 Å².